The maximum atomic E-state index is 11.1. The van der Waals surface area contributed by atoms with E-state index in [0.29, 0.717) is 4.73 Å². The van der Waals surface area contributed by atoms with Gasteiger partial charge in [0.25, 0.3) is 5.88 Å². The molecule has 0 aromatic carbocycles. The molecule has 0 spiro atoms. The highest BCUT2D eigenvalue weighted by atomic mass is 16.7. The summed E-state index contributed by atoms with van der Waals surface area (Å²) in [5, 5.41) is 21.7. The van der Waals surface area contributed by atoms with E-state index in [1.165, 1.54) is 6.92 Å². The molecule has 0 aliphatic rings. The maximum absolute atomic E-state index is 11.1. The molecule has 9 nitrogen and oxygen atoms in total. The Morgan fingerprint density at radius 1 is 1.50 bits per heavy atom. The van der Waals surface area contributed by atoms with E-state index in [-0.39, 0.29) is 24.4 Å². The molecule has 5 N–H and O–H groups in total. The fraction of sp³-hybridized carbons (Fsp3) is 0.273. The molecule has 1 aromatic heterocycles. The van der Waals surface area contributed by atoms with Gasteiger partial charge in [0, 0.05) is 18.2 Å². The molecule has 0 saturated carbocycles. The molecule has 1 heterocycles. The van der Waals surface area contributed by atoms with Crippen molar-refractivity contribution < 1.29 is 29.4 Å². The van der Waals surface area contributed by atoms with Gasteiger partial charge in [-0.05, 0) is 6.92 Å². The number of hydrogen-bond acceptors (Lipinski definition) is 7. The fourth-order valence-corrected chi connectivity index (χ4v) is 1.23. The number of nitrogens with one attached hydrogen (secondary N) is 1. The lowest BCUT2D eigenvalue weighted by molar-refractivity contribution is -0.138. The minimum atomic E-state index is -1.20. The predicted molar refractivity (Wildman–Crippen MR) is 68.2 cm³/mol. The van der Waals surface area contributed by atoms with Crippen LogP contribution in [0, 0.1) is 0 Å². The standard InChI is InChI=1S/C11H15N3O6/c1-6(2)10(17)19-4-3-13-7-5-8(15)14(9(7)16)20-11(12)18/h5,13,15-16H,1,3-4H2,2H3,(H2,12,18). The number of amides is 1. The van der Waals surface area contributed by atoms with Gasteiger partial charge < -0.3 is 30.8 Å². The van der Waals surface area contributed by atoms with Crippen molar-refractivity contribution in [3.8, 4) is 11.8 Å². The molecule has 0 saturated heterocycles. The van der Waals surface area contributed by atoms with Gasteiger partial charge in [-0.1, -0.05) is 6.58 Å². The number of rotatable bonds is 6. The smallest absolute Gasteiger partial charge is 0.429 e. The number of anilines is 1. The molecule has 0 bridgehead atoms. The molecule has 1 amide bonds. The van der Waals surface area contributed by atoms with Crippen LogP contribution < -0.4 is 15.9 Å². The molecule has 0 unspecified atom stereocenters. The molecule has 0 radical (unpaired) electrons. The molecule has 0 atom stereocenters. The van der Waals surface area contributed by atoms with Crippen LogP contribution in [-0.4, -0.2) is 40.2 Å². The Labute approximate surface area is 114 Å². The Morgan fingerprint density at radius 3 is 2.70 bits per heavy atom. The van der Waals surface area contributed by atoms with Crippen LogP contribution in [0.5, 0.6) is 11.8 Å². The normalized spacial score (nSPS) is 9.85. The Kier molecular flexibility index (Phi) is 4.84. The average molecular weight is 285 g/mol. The summed E-state index contributed by atoms with van der Waals surface area (Å²) < 4.78 is 5.26. The summed E-state index contributed by atoms with van der Waals surface area (Å²) in [4.78, 5) is 26.0. The van der Waals surface area contributed by atoms with Gasteiger partial charge in [0.15, 0.2) is 0 Å². The second-order valence-electron chi connectivity index (χ2n) is 3.79. The predicted octanol–water partition coefficient (Wildman–Crippen LogP) is -0.0622. The van der Waals surface area contributed by atoms with Crippen LogP contribution >= 0.6 is 0 Å². The molecule has 0 fully saturated rings. The average Bonchev–Trinajstić information content (AvgIpc) is 2.61. The number of ether oxygens (including phenoxy) is 1. The number of esters is 1. The highest BCUT2D eigenvalue weighted by molar-refractivity contribution is 5.86. The first-order chi connectivity index (χ1) is 9.32. The zero-order valence-corrected chi connectivity index (χ0v) is 10.8. The minimum Gasteiger partial charge on any atom is -0.492 e. The van der Waals surface area contributed by atoms with Crippen molar-refractivity contribution in [2.24, 2.45) is 5.73 Å². The third kappa shape index (κ3) is 3.83. The van der Waals surface area contributed by atoms with E-state index in [0.717, 1.165) is 6.07 Å². The second-order valence-corrected chi connectivity index (χ2v) is 3.79. The summed E-state index contributed by atoms with van der Waals surface area (Å²) in [6, 6.07) is 1.11. The van der Waals surface area contributed by atoms with Gasteiger partial charge >= 0.3 is 12.1 Å². The molecule has 20 heavy (non-hydrogen) atoms. The number of aromatic nitrogens is 1. The highest BCUT2D eigenvalue weighted by Crippen LogP contribution is 2.30. The van der Waals surface area contributed by atoms with Gasteiger partial charge in [0.1, 0.15) is 12.3 Å². The first-order valence-corrected chi connectivity index (χ1v) is 5.51. The van der Waals surface area contributed by atoms with E-state index in [1.54, 1.807) is 0 Å². The lowest BCUT2D eigenvalue weighted by atomic mass is 10.4. The monoisotopic (exact) mass is 285 g/mol. The Balaban J connectivity index is 2.55. The Hall–Kier alpha value is -2.84. The van der Waals surface area contributed by atoms with Crippen molar-refractivity contribution in [3.63, 3.8) is 0 Å². The van der Waals surface area contributed by atoms with Gasteiger partial charge in [0.05, 0.1) is 0 Å². The molecule has 0 aliphatic carbocycles. The third-order valence-electron chi connectivity index (χ3n) is 2.10. The van der Waals surface area contributed by atoms with Gasteiger partial charge in [-0.2, -0.15) is 0 Å². The minimum absolute atomic E-state index is 0.0216. The topological polar surface area (TPSA) is 136 Å². The first-order valence-electron chi connectivity index (χ1n) is 5.51. The van der Waals surface area contributed by atoms with Crippen LogP contribution in [0.2, 0.25) is 0 Å². The van der Waals surface area contributed by atoms with Crippen molar-refractivity contribution in [1.29, 1.82) is 0 Å². The Bertz CT molecular complexity index is 537. The number of nitrogens with zero attached hydrogens (tertiary/aromatic N) is 1. The van der Waals surface area contributed by atoms with Crippen LogP contribution in [-0.2, 0) is 9.53 Å². The van der Waals surface area contributed by atoms with Crippen LogP contribution in [0.25, 0.3) is 0 Å². The van der Waals surface area contributed by atoms with E-state index < -0.39 is 23.8 Å². The van der Waals surface area contributed by atoms with Crippen LogP contribution in [0.15, 0.2) is 18.2 Å². The number of hydrogen-bond donors (Lipinski definition) is 4. The highest BCUT2D eigenvalue weighted by Gasteiger charge is 2.16. The van der Waals surface area contributed by atoms with Crippen molar-refractivity contribution >= 4 is 17.7 Å². The number of carbonyl (C=O) groups excluding carboxylic acids is 2. The number of nitrogens with two attached hydrogens (primary N) is 1. The summed E-state index contributed by atoms with van der Waals surface area (Å²) in [5.74, 6) is -1.61. The summed E-state index contributed by atoms with van der Waals surface area (Å²) in [5.41, 5.74) is 5.11. The van der Waals surface area contributed by atoms with Gasteiger partial charge in [-0.3, -0.25) is 0 Å². The van der Waals surface area contributed by atoms with Gasteiger partial charge in [-0.25, -0.2) is 9.59 Å². The zero-order chi connectivity index (χ0) is 15.3. The summed E-state index contributed by atoms with van der Waals surface area (Å²) >= 11 is 0. The molecule has 1 rings (SSSR count). The fourth-order valence-electron chi connectivity index (χ4n) is 1.23. The van der Waals surface area contributed by atoms with E-state index in [1.807, 2.05) is 0 Å². The van der Waals surface area contributed by atoms with Crippen molar-refractivity contribution in [3.05, 3.63) is 18.2 Å². The summed E-state index contributed by atoms with van der Waals surface area (Å²) in [7, 11) is 0. The van der Waals surface area contributed by atoms with Gasteiger partial charge in [-0.15, -0.1) is 4.73 Å². The van der Waals surface area contributed by atoms with Crippen molar-refractivity contribution in [2.45, 2.75) is 6.92 Å². The van der Waals surface area contributed by atoms with E-state index in [2.05, 4.69) is 16.7 Å². The third-order valence-corrected chi connectivity index (χ3v) is 2.10. The number of carbonyl (C=O) groups is 2. The molecule has 110 valence electrons. The second kappa shape index (κ2) is 6.36. The number of primary amides is 1. The molecule has 1 aromatic rings. The maximum Gasteiger partial charge on any atom is 0.429 e. The number of aromatic hydroxyl groups is 2. The largest absolute Gasteiger partial charge is 0.492 e. The van der Waals surface area contributed by atoms with Crippen LogP contribution in [0.3, 0.4) is 0 Å². The Morgan fingerprint density at radius 2 is 2.15 bits per heavy atom. The first kappa shape index (κ1) is 15.2. The van der Waals surface area contributed by atoms with E-state index >= 15 is 0 Å². The van der Waals surface area contributed by atoms with Crippen molar-refractivity contribution in [1.82, 2.24) is 4.73 Å². The quantitative estimate of drug-likeness (QED) is 0.326. The SMILES string of the molecule is C=C(C)C(=O)OCCNc1cc(O)n(OC(N)=O)c1O. The van der Waals surface area contributed by atoms with Gasteiger partial charge in [0.2, 0.25) is 5.88 Å². The van der Waals surface area contributed by atoms with Crippen LogP contribution in [0.1, 0.15) is 6.92 Å². The summed E-state index contributed by atoms with van der Waals surface area (Å²) in [6.07, 6.45) is -1.20. The van der Waals surface area contributed by atoms with Crippen LogP contribution in [0.4, 0.5) is 10.5 Å². The lowest BCUT2D eigenvalue weighted by Crippen LogP contribution is -2.24. The lowest BCUT2D eigenvalue weighted by Gasteiger charge is -2.07. The van der Waals surface area contributed by atoms with Crippen molar-refractivity contribution in [2.75, 3.05) is 18.5 Å². The molecular weight excluding hydrogens is 270 g/mol. The molecular formula is C11H15N3O6. The zero-order valence-electron chi connectivity index (χ0n) is 10.8. The molecule has 0 aliphatic heterocycles. The van der Waals surface area contributed by atoms with E-state index in [4.69, 9.17) is 10.5 Å². The molecule has 9 heteroatoms. The van der Waals surface area contributed by atoms with E-state index in [9.17, 15) is 19.8 Å². The summed E-state index contributed by atoms with van der Waals surface area (Å²) in [6.45, 7) is 5.11.